The quantitative estimate of drug-likeness (QED) is 0.557. The van der Waals surface area contributed by atoms with E-state index in [1.165, 1.54) is 17.8 Å². The summed E-state index contributed by atoms with van der Waals surface area (Å²) >= 11 is 1.42. The highest BCUT2D eigenvalue weighted by molar-refractivity contribution is 8.13. The fraction of sp³-hybridized carbons (Fsp3) is 0.350. The molecule has 0 amide bonds. The van der Waals surface area contributed by atoms with Gasteiger partial charge in [0.1, 0.15) is 18.3 Å². The number of benzene rings is 1. The van der Waals surface area contributed by atoms with E-state index in [1.807, 2.05) is 37.4 Å². The predicted octanol–water partition coefficient (Wildman–Crippen LogP) is 4.09. The number of esters is 1. The molecule has 0 aliphatic carbocycles. The summed E-state index contributed by atoms with van der Waals surface area (Å²) in [7, 11) is 0. The molecule has 2 rings (SSSR count). The summed E-state index contributed by atoms with van der Waals surface area (Å²) < 4.78 is 10.7. The van der Waals surface area contributed by atoms with Gasteiger partial charge in [0, 0.05) is 11.6 Å². The molecule has 1 aliphatic rings. The molecule has 1 heterocycles. The third-order valence-electron chi connectivity index (χ3n) is 4.03. The van der Waals surface area contributed by atoms with Crippen LogP contribution >= 0.6 is 11.8 Å². The van der Waals surface area contributed by atoms with E-state index in [2.05, 4.69) is 17.6 Å². The number of rotatable bonds is 6. The minimum absolute atomic E-state index is 0.113. The second kappa shape index (κ2) is 9.25. The monoisotopic (exact) mass is 370 g/mol. The van der Waals surface area contributed by atoms with Crippen LogP contribution in [0, 0.1) is 17.2 Å². The maximum atomic E-state index is 12.6. The molecule has 1 aliphatic heterocycles. The van der Waals surface area contributed by atoms with Crippen molar-refractivity contribution in [2.75, 3.05) is 19.5 Å². The first-order valence-electron chi connectivity index (χ1n) is 8.31. The van der Waals surface area contributed by atoms with E-state index in [9.17, 15) is 10.1 Å². The zero-order valence-corrected chi connectivity index (χ0v) is 16.0. The van der Waals surface area contributed by atoms with E-state index in [0.29, 0.717) is 22.9 Å². The Morgan fingerprint density at radius 1 is 1.42 bits per heavy atom. The minimum atomic E-state index is -0.544. The Morgan fingerprint density at radius 3 is 2.65 bits per heavy atom. The highest BCUT2D eigenvalue weighted by atomic mass is 32.2. The smallest absolute Gasteiger partial charge is 0.336 e. The molecule has 1 aromatic rings. The Balaban J connectivity index is 2.51. The molecule has 5 nitrogen and oxygen atoms in total. The Bertz CT molecular complexity index is 775. The van der Waals surface area contributed by atoms with Crippen molar-refractivity contribution < 1.29 is 14.3 Å². The van der Waals surface area contributed by atoms with Gasteiger partial charge < -0.3 is 9.47 Å². The van der Waals surface area contributed by atoms with Crippen molar-refractivity contribution in [1.82, 2.24) is 0 Å². The van der Waals surface area contributed by atoms with Gasteiger partial charge in [0.25, 0.3) is 0 Å². The van der Waals surface area contributed by atoms with Gasteiger partial charge in [0.2, 0.25) is 0 Å². The number of ether oxygens (including phenoxy) is 2. The lowest BCUT2D eigenvalue weighted by atomic mass is 9.79. The molecule has 26 heavy (non-hydrogen) atoms. The number of hydrogen-bond donors (Lipinski definition) is 0. The van der Waals surface area contributed by atoms with Crippen LogP contribution in [0.2, 0.25) is 0 Å². The van der Waals surface area contributed by atoms with Gasteiger partial charge in [0.05, 0.1) is 23.3 Å². The lowest BCUT2D eigenvalue weighted by molar-refractivity contribution is -0.138. The van der Waals surface area contributed by atoms with Crippen molar-refractivity contribution in [3.8, 4) is 11.8 Å². The summed E-state index contributed by atoms with van der Waals surface area (Å²) in [6, 6.07) is 9.78. The summed E-state index contributed by atoms with van der Waals surface area (Å²) in [5.41, 5.74) is 1.85. The van der Waals surface area contributed by atoms with E-state index in [0.717, 1.165) is 11.3 Å². The van der Waals surface area contributed by atoms with Crippen molar-refractivity contribution in [2.24, 2.45) is 10.9 Å². The lowest BCUT2D eigenvalue weighted by Crippen LogP contribution is -2.29. The summed E-state index contributed by atoms with van der Waals surface area (Å²) in [6.07, 6.45) is 3.40. The molecule has 0 saturated heterocycles. The zero-order valence-electron chi connectivity index (χ0n) is 15.2. The Hall–Kier alpha value is -2.52. The SMILES string of the molecule is C=CCOC(=O)C1=C(C)N=C(SC)C(C#N)[C@@H]1c1ccc(OCC)cc1. The summed E-state index contributed by atoms with van der Waals surface area (Å²) in [4.78, 5) is 17.1. The molecule has 0 saturated carbocycles. The zero-order chi connectivity index (χ0) is 19.1. The Labute approximate surface area is 158 Å². The molecule has 0 radical (unpaired) electrons. The lowest BCUT2D eigenvalue weighted by Gasteiger charge is -2.29. The Morgan fingerprint density at radius 2 is 2.12 bits per heavy atom. The average Bonchev–Trinajstić information content (AvgIpc) is 2.66. The first-order chi connectivity index (χ1) is 12.6. The molecule has 0 aromatic heterocycles. The number of hydrogen-bond acceptors (Lipinski definition) is 6. The number of allylic oxidation sites excluding steroid dienone is 1. The second-order valence-corrected chi connectivity index (χ2v) is 6.45. The molecule has 0 spiro atoms. The van der Waals surface area contributed by atoms with Crippen LogP contribution in [-0.2, 0) is 9.53 Å². The largest absolute Gasteiger partial charge is 0.494 e. The van der Waals surface area contributed by atoms with Crippen molar-refractivity contribution in [1.29, 1.82) is 5.26 Å². The van der Waals surface area contributed by atoms with E-state index in [4.69, 9.17) is 9.47 Å². The standard InChI is InChI=1S/C20H22N2O3S/c1-5-11-25-20(23)17-13(3)22-19(26-4)16(12-21)18(17)14-7-9-15(10-8-14)24-6-2/h5,7-10,16,18H,1,6,11H2,2-4H3/t16?,18-/m0/s1. The maximum Gasteiger partial charge on any atom is 0.336 e. The van der Waals surface area contributed by atoms with Gasteiger partial charge in [-0.05, 0) is 37.8 Å². The number of thioether (sulfide) groups is 1. The minimum Gasteiger partial charge on any atom is -0.494 e. The van der Waals surface area contributed by atoms with E-state index >= 15 is 0 Å². The molecular formula is C20H22N2O3S. The molecule has 136 valence electrons. The van der Waals surface area contributed by atoms with Crippen LogP contribution in [-0.4, -0.2) is 30.5 Å². The van der Waals surface area contributed by atoms with E-state index in [-0.39, 0.29) is 6.61 Å². The maximum absolute atomic E-state index is 12.6. The molecule has 0 fully saturated rings. The van der Waals surface area contributed by atoms with Gasteiger partial charge in [-0.15, -0.1) is 11.8 Å². The summed E-state index contributed by atoms with van der Waals surface area (Å²) in [5, 5.41) is 10.5. The fourth-order valence-electron chi connectivity index (χ4n) is 2.92. The van der Waals surface area contributed by atoms with Crippen molar-refractivity contribution in [2.45, 2.75) is 19.8 Å². The van der Waals surface area contributed by atoms with Crippen molar-refractivity contribution in [3.05, 3.63) is 53.8 Å². The molecule has 0 N–H and O–H groups in total. The molecule has 1 aromatic carbocycles. The third-order valence-corrected chi connectivity index (χ3v) is 4.79. The summed E-state index contributed by atoms with van der Waals surface area (Å²) in [5.74, 6) is -0.702. The Kier molecular flexibility index (Phi) is 7.05. The van der Waals surface area contributed by atoms with Crippen LogP contribution < -0.4 is 4.74 Å². The normalized spacial score (nSPS) is 19.4. The van der Waals surface area contributed by atoms with Gasteiger partial charge in [0.15, 0.2) is 0 Å². The van der Waals surface area contributed by atoms with Crippen molar-refractivity contribution >= 4 is 22.8 Å². The van der Waals surface area contributed by atoms with Crippen LogP contribution in [0.15, 0.2) is 53.2 Å². The molecule has 0 bridgehead atoms. The van der Waals surface area contributed by atoms with Gasteiger partial charge >= 0.3 is 5.97 Å². The van der Waals surface area contributed by atoms with Gasteiger partial charge in [-0.25, -0.2) is 9.79 Å². The van der Waals surface area contributed by atoms with Crippen molar-refractivity contribution in [3.63, 3.8) is 0 Å². The van der Waals surface area contributed by atoms with Gasteiger partial charge in [-0.2, -0.15) is 5.26 Å². The van der Waals surface area contributed by atoms with Crippen LogP contribution in [0.4, 0.5) is 0 Å². The highest BCUT2D eigenvalue weighted by Gasteiger charge is 2.39. The topological polar surface area (TPSA) is 71.7 Å². The van der Waals surface area contributed by atoms with Gasteiger partial charge in [-0.1, -0.05) is 24.8 Å². The number of nitriles is 1. The third kappa shape index (κ3) is 4.17. The first-order valence-corrected chi connectivity index (χ1v) is 9.53. The number of nitrogens with zero attached hydrogens (tertiary/aromatic N) is 2. The van der Waals surface area contributed by atoms with Crippen LogP contribution in [0.25, 0.3) is 0 Å². The van der Waals surface area contributed by atoms with Crippen LogP contribution in [0.5, 0.6) is 5.75 Å². The van der Waals surface area contributed by atoms with Gasteiger partial charge in [-0.3, -0.25) is 0 Å². The number of carbonyl (C=O) groups excluding carboxylic acids is 1. The molecule has 1 unspecified atom stereocenters. The molecule has 2 atom stereocenters. The second-order valence-electron chi connectivity index (χ2n) is 5.63. The molecular weight excluding hydrogens is 348 g/mol. The fourth-order valence-corrected chi connectivity index (χ4v) is 3.59. The molecule has 6 heteroatoms. The van der Waals surface area contributed by atoms with Crippen LogP contribution in [0.1, 0.15) is 25.3 Å². The average molecular weight is 370 g/mol. The van der Waals surface area contributed by atoms with Crippen LogP contribution in [0.3, 0.4) is 0 Å². The number of aliphatic imine (C=N–C) groups is 1. The van der Waals surface area contributed by atoms with E-state index in [1.54, 1.807) is 6.92 Å². The summed E-state index contributed by atoms with van der Waals surface area (Å²) in [6.45, 7) is 7.95. The first kappa shape index (κ1) is 19.8. The van der Waals surface area contributed by atoms with E-state index < -0.39 is 17.8 Å². The number of carbonyl (C=O) groups is 1. The predicted molar refractivity (Wildman–Crippen MR) is 104 cm³/mol. The highest BCUT2D eigenvalue weighted by Crippen LogP contribution is 2.41.